The fraction of sp³-hybridized carbons (Fsp3) is 0.562. The maximum Gasteiger partial charge on any atom is 0.325 e. The highest BCUT2D eigenvalue weighted by Gasteiger charge is 2.44. The molecule has 1 aliphatic heterocycles. The van der Waals surface area contributed by atoms with Crippen molar-refractivity contribution in [3.63, 3.8) is 0 Å². The van der Waals surface area contributed by atoms with E-state index < -0.39 is 55.9 Å². The van der Waals surface area contributed by atoms with Gasteiger partial charge in [0, 0.05) is 0 Å². The molecule has 1 aromatic carbocycles. The van der Waals surface area contributed by atoms with Crippen LogP contribution in [0.15, 0.2) is 30.3 Å². The van der Waals surface area contributed by atoms with E-state index in [9.17, 15) is 25.2 Å². The maximum atomic E-state index is 12.1. The Morgan fingerprint density at radius 2 is 1.80 bits per heavy atom. The van der Waals surface area contributed by atoms with Crippen molar-refractivity contribution in [3.05, 3.63) is 35.9 Å². The summed E-state index contributed by atoms with van der Waals surface area (Å²) in [5.74, 6) is -0.775. The highest BCUT2D eigenvalue weighted by atomic mass is 16.6. The second-order valence-corrected chi connectivity index (χ2v) is 5.74. The van der Waals surface area contributed by atoms with E-state index in [0.29, 0.717) is 0 Å². The van der Waals surface area contributed by atoms with Gasteiger partial charge in [0.1, 0.15) is 43.3 Å². The molecule has 25 heavy (non-hydrogen) atoms. The van der Waals surface area contributed by atoms with Gasteiger partial charge in [-0.3, -0.25) is 10.1 Å². The van der Waals surface area contributed by atoms with Crippen molar-refractivity contribution in [2.75, 3.05) is 13.2 Å². The van der Waals surface area contributed by atoms with Gasteiger partial charge in [-0.05, 0) is 5.56 Å². The Morgan fingerprint density at radius 1 is 1.12 bits per heavy atom. The molecule has 0 radical (unpaired) electrons. The van der Waals surface area contributed by atoms with E-state index in [-0.39, 0.29) is 6.61 Å². The number of aliphatic hydroxyl groups is 5. The first kappa shape index (κ1) is 19.7. The molecule has 6 N–H and O–H groups in total. The van der Waals surface area contributed by atoms with Crippen molar-refractivity contribution in [2.24, 2.45) is 0 Å². The molecule has 1 saturated heterocycles. The summed E-state index contributed by atoms with van der Waals surface area (Å²) in [7, 11) is 0. The van der Waals surface area contributed by atoms with Gasteiger partial charge >= 0.3 is 5.97 Å². The van der Waals surface area contributed by atoms with E-state index in [1.54, 1.807) is 24.3 Å². The molecule has 1 unspecified atom stereocenters. The Hall–Kier alpha value is -1.59. The van der Waals surface area contributed by atoms with Gasteiger partial charge in [0.05, 0.1) is 13.2 Å². The molecule has 2 rings (SSSR count). The van der Waals surface area contributed by atoms with Crippen molar-refractivity contribution in [2.45, 2.75) is 43.3 Å². The summed E-state index contributed by atoms with van der Waals surface area (Å²) in [6.45, 7) is -1.22. The van der Waals surface area contributed by atoms with Gasteiger partial charge in [0.15, 0.2) is 0 Å². The van der Waals surface area contributed by atoms with Crippen LogP contribution in [0, 0.1) is 0 Å². The highest BCUT2D eigenvalue weighted by molar-refractivity contribution is 5.76. The van der Waals surface area contributed by atoms with Crippen LogP contribution in [0.4, 0.5) is 0 Å². The minimum absolute atomic E-state index is 0.00648. The first-order chi connectivity index (χ1) is 12.0. The molecule has 0 bridgehead atoms. The average Bonchev–Trinajstić information content (AvgIpc) is 2.64. The molecule has 9 nitrogen and oxygen atoms in total. The van der Waals surface area contributed by atoms with E-state index in [0.717, 1.165) is 5.56 Å². The Bertz CT molecular complexity index is 540. The van der Waals surface area contributed by atoms with Crippen LogP contribution < -0.4 is 5.32 Å². The SMILES string of the molecule is O=C(OCc1ccccc1)C(CO)N[C@H]1O[C@H](CO)[C@H](O)[C@H](O)[C@H]1O. The highest BCUT2D eigenvalue weighted by Crippen LogP contribution is 2.20. The van der Waals surface area contributed by atoms with Crippen molar-refractivity contribution < 1.29 is 39.8 Å². The van der Waals surface area contributed by atoms with Crippen LogP contribution >= 0.6 is 0 Å². The molecule has 140 valence electrons. The molecule has 1 fully saturated rings. The van der Waals surface area contributed by atoms with Gasteiger partial charge in [0.25, 0.3) is 0 Å². The molecular weight excluding hydrogens is 334 g/mol. The summed E-state index contributed by atoms with van der Waals surface area (Å²) < 4.78 is 10.3. The van der Waals surface area contributed by atoms with Gasteiger partial charge in [0.2, 0.25) is 0 Å². The number of ether oxygens (including phenoxy) is 2. The van der Waals surface area contributed by atoms with E-state index in [4.69, 9.17) is 14.6 Å². The Kier molecular flexibility index (Phi) is 7.26. The number of aliphatic hydroxyl groups excluding tert-OH is 5. The van der Waals surface area contributed by atoms with Crippen LogP contribution in [0.5, 0.6) is 0 Å². The summed E-state index contributed by atoms with van der Waals surface area (Å²) in [4.78, 5) is 12.1. The zero-order valence-corrected chi connectivity index (χ0v) is 13.4. The lowest BCUT2D eigenvalue weighted by Crippen LogP contribution is -2.64. The molecule has 0 amide bonds. The van der Waals surface area contributed by atoms with Gasteiger partial charge in [-0.15, -0.1) is 0 Å². The van der Waals surface area contributed by atoms with Crippen LogP contribution in [0.3, 0.4) is 0 Å². The Morgan fingerprint density at radius 3 is 2.40 bits per heavy atom. The number of esters is 1. The summed E-state index contributed by atoms with van der Waals surface area (Å²) >= 11 is 0. The molecule has 9 heteroatoms. The topological polar surface area (TPSA) is 149 Å². The number of hydrogen-bond acceptors (Lipinski definition) is 9. The number of benzene rings is 1. The third-order valence-electron chi connectivity index (χ3n) is 3.95. The Balaban J connectivity index is 1.94. The number of carbonyl (C=O) groups excluding carboxylic acids is 1. The van der Waals surface area contributed by atoms with E-state index >= 15 is 0 Å². The normalized spacial score (nSPS) is 30.7. The molecule has 0 aromatic heterocycles. The van der Waals surface area contributed by atoms with E-state index in [2.05, 4.69) is 5.32 Å². The quantitative estimate of drug-likeness (QED) is 0.291. The third-order valence-corrected chi connectivity index (χ3v) is 3.95. The van der Waals surface area contributed by atoms with Gasteiger partial charge in [-0.25, -0.2) is 0 Å². The zero-order chi connectivity index (χ0) is 18.4. The minimum Gasteiger partial charge on any atom is -0.460 e. The lowest BCUT2D eigenvalue weighted by atomic mass is 9.98. The van der Waals surface area contributed by atoms with Gasteiger partial charge in [-0.2, -0.15) is 0 Å². The fourth-order valence-electron chi connectivity index (χ4n) is 2.46. The average molecular weight is 357 g/mol. The number of nitrogens with one attached hydrogen (secondary N) is 1. The summed E-state index contributed by atoms with van der Waals surface area (Å²) in [6.07, 6.45) is -7.04. The van der Waals surface area contributed by atoms with E-state index in [1.165, 1.54) is 0 Å². The summed E-state index contributed by atoms with van der Waals surface area (Å²) in [5, 5.41) is 50.5. The number of rotatable bonds is 7. The molecule has 1 aromatic rings. The first-order valence-corrected chi connectivity index (χ1v) is 7.86. The molecule has 1 aliphatic rings. The molecule has 0 aliphatic carbocycles. The predicted octanol–water partition coefficient (Wildman–Crippen LogP) is -2.52. The molecule has 1 heterocycles. The van der Waals surface area contributed by atoms with Crippen LogP contribution in [0.1, 0.15) is 5.56 Å². The monoisotopic (exact) mass is 357 g/mol. The molecule has 0 spiro atoms. The lowest BCUT2D eigenvalue weighted by molar-refractivity contribution is -0.239. The van der Waals surface area contributed by atoms with Gasteiger partial charge < -0.3 is 35.0 Å². The van der Waals surface area contributed by atoms with E-state index in [1.807, 2.05) is 6.07 Å². The predicted molar refractivity (Wildman–Crippen MR) is 84.0 cm³/mol. The second kappa shape index (κ2) is 9.20. The number of carbonyl (C=O) groups is 1. The minimum atomic E-state index is -1.58. The molecule has 6 atom stereocenters. The van der Waals surface area contributed by atoms with Crippen molar-refractivity contribution in [1.29, 1.82) is 0 Å². The lowest BCUT2D eigenvalue weighted by Gasteiger charge is -2.41. The summed E-state index contributed by atoms with van der Waals surface area (Å²) in [5.41, 5.74) is 0.764. The fourth-order valence-corrected chi connectivity index (χ4v) is 2.46. The standard InChI is InChI=1S/C16H23NO8/c18-6-10(16(23)24-8-9-4-2-1-3-5-9)17-15-14(22)13(21)12(20)11(7-19)25-15/h1-5,10-15,17-22H,6-8H2/t10?,11-,12+,13+,14-,15+/m1/s1. The largest absolute Gasteiger partial charge is 0.460 e. The third kappa shape index (κ3) is 4.95. The second-order valence-electron chi connectivity index (χ2n) is 5.74. The van der Waals surface area contributed by atoms with Crippen molar-refractivity contribution in [3.8, 4) is 0 Å². The van der Waals surface area contributed by atoms with Crippen LogP contribution in [-0.2, 0) is 20.9 Å². The van der Waals surface area contributed by atoms with Crippen LogP contribution in [0.2, 0.25) is 0 Å². The number of hydrogen-bond donors (Lipinski definition) is 6. The molecule has 0 saturated carbocycles. The maximum absolute atomic E-state index is 12.1. The smallest absolute Gasteiger partial charge is 0.325 e. The zero-order valence-electron chi connectivity index (χ0n) is 13.4. The summed E-state index contributed by atoms with van der Waals surface area (Å²) in [6, 6.07) is 7.73. The van der Waals surface area contributed by atoms with Crippen molar-refractivity contribution >= 4 is 5.97 Å². The van der Waals surface area contributed by atoms with Crippen molar-refractivity contribution in [1.82, 2.24) is 5.32 Å². The Labute approximate surface area is 144 Å². The molecular formula is C16H23NO8. The first-order valence-electron chi connectivity index (χ1n) is 7.86. The van der Waals surface area contributed by atoms with Gasteiger partial charge in [-0.1, -0.05) is 30.3 Å². The van der Waals surface area contributed by atoms with Crippen LogP contribution in [-0.4, -0.2) is 81.4 Å². The van der Waals surface area contributed by atoms with Crippen LogP contribution in [0.25, 0.3) is 0 Å².